The maximum atomic E-state index is 13.1. The fourth-order valence-electron chi connectivity index (χ4n) is 13.0. The molecule has 0 saturated carbocycles. The zero-order valence-electron chi connectivity index (χ0n) is 77.5. The Balaban J connectivity index is 4.57. The molecule has 0 spiro atoms. The van der Waals surface area contributed by atoms with E-state index in [1.165, 1.54) is 135 Å². The molecule has 0 aliphatic rings. The number of ether oxygens (including phenoxy) is 3. The molecule has 0 fully saturated rings. The van der Waals surface area contributed by atoms with E-state index in [0.29, 0.717) is 19.3 Å². The molecule has 0 bridgehead atoms. The second-order valence-electron chi connectivity index (χ2n) is 32.1. The number of phosphoric acid groups is 2. The van der Waals surface area contributed by atoms with Gasteiger partial charge in [0.2, 0.25) is 0 Å². The van der Waals surface area contributed by atoms with Crippen LogP contribution in [0.25, 0.3) is 0 Å². The summed E-state index contributed by atoms with van der Waals surface area (Å²) in [6, 6.07) is 0. The summed E-state index contributed by atoms with van der Waals surface area (Å²) in [5, 5.41) is 20.8. The number of carbonyl (C=O) groups is 3. The summed E-state index contributed by atoms with van der Waals surface area (Å²) in [5.41, 5.74) is 0. The molecule has 0 radical (unpaired) electrons. The highest BCUT2D eigenvalue weighted by molar-refractivity contribution is 7.47. The Morgan fingerprint density at radius 1 is 0.228 bits per heavy atom. The van der Waals surface area contributed by atoms with E-state index in [1.807, 2.05) is 0 Å². The quantitative estimate of drug-likeness (QED) is 0.0146. The van der Waals surface area contributed by atoms with Gasteiger partial charge in [0.1, 0.15) is 25.4 Å². The first-order valence-electron chi connectivity index (χ1n) is 48.7. The van der Waals surface area contributed by atoms with Gasteiger partial charge in [-0.2, -0.15) is 0 Å². The summed E-state index contributed by atoms with van der Waals surface area (Å²) in [7, 11) is -9.82. The summed E-state index contributed by atoms with van der Waals surface area (Å²) < 4.78 is 61.6. The minimum absolute atomic E-state index is 0.0865. The average molecular weight is 1760 g/mol. The largest absolute Gasteiger partial charge is 0.472 e. The highest BCUT2D eigenvalue weighted by Gasteiger charge is 2.30. The van der Waals surface area contributed by atoms with Gasteiger partial charge in [0.25, 0.3) is 0 Å². The minimum Gasteiger partial charge on any atom is -0.463 e. The van der Waals surface area contributed by atoms with Crippen LogP contribution < -0.4 is 0 Å². The highest BCUT2D eigenvalue weighted by atomic mass is 31.2. The van der Waals surface area contributed by atoms with Crippen LogP contribution in [0, 0.1) is 0 Å². The number of allylic oxidation sites excluding steroid dienone is 32. The zero-order valence-corrected chi connectivity index (χ0v) is 79.3. The van der Waals surface area contributed by atoms with E-state index in [1.54, 1.807) is 0 Å². The Morgan fingerprint density at radius 2 is 0.407 bits per heavy atom. The zero-order chi connectivity index (χ0) is 89.3. The predicted octanol–water partition coefficient (Wildman–Crippen LogP) is 30.6. The molecule has 0 aliphatic heterocycles. The standard InChI is InChI=1S/C105H176O16P2/c1-4-7-10-13-16-19-22-25-28-31-34-37-40-42-44-46-47-48-49-50-51-53-55-56-59-61-64-67-70-73-76-79-82-85-88-91-103(108)115-94-100(106)95-117-122(111,112)118-96-101(107)97-119-123(113,114)120-99-102(121-105(110)93-90-87-84-81-78-75-72-69-66-63-58-39-36-33-30-27-24-21-18-15-12-9-6-3)98-116-104(109)92-89-86-83-80-77-74-71-68-65-62-60-57-54-52-45-43-41-38-35-32-29-26-23-20-17-14-11-8-5-2/h7-12,16-21,25-30,34-39,42-45,47-48,63,66,100-102,106-107H,4-6,13-15,22-24,31-33,40-41,46,49-62,64-65,67-99H2,1-3H3,(H,111,112)(H,113,114)/b10-7-,11-8-,12-9-,19-16-,20-17-,21-18-,28-25-,29-26-,30-27-,37-34-,38-35-,39-36-,44-42-,45-43-,48-47-,66-63-. The van der Waals surface area contributed by atoms with Gasteiger partial charge in [-0.25, -0.2) is 9.13 Å². The van der Waals surface area contributed by atoms with Gasteiger partial charge in [0.15, 0.2) is 6.10 Å². The van der Waals surface area contributed by atoms with Crippen LogP contribution in [0.5, 0.6) is 0 Å². The molecular formula is C105H176O16P2. The third-order valence-corrected chi connectivity index (χ3v) is 22.2. The van der Waals surface area contributed by atoms with Crippen LogP contribution in [0.3, 0.4) is 0 Å². The lowest BCUT2D eigenvalue weighted by atomic mass is 10.0. The Hall–Kier alpha value is -5.61. The Kier molecular flexibility index (Phi) is 91.1. The number of esters is 3. The molecule has 0 heterocycles. The number of phosphoric ester groups is 2. The monoisotopic (exact) mass is 1760 g/mol. The molecule has 0 aromatic carbocycles. The van der Waals surface area contributed by atoms with E-state index < -0.39 is 91.5 Å². The lowest BCUT2D eigenvalue weighted by Gasteiger charge is -2.21. The lowest BCUT2D eigenvalue weighted by Crippen LogP contribution is -2.30. The first kappa shape index (κ1) is 117. The number of aliphatic hydroxyl groups is 2. The van der Waals surface area contributed by atoms with Crippen molar-refractivity contribution in [1.82, 2.24) is 0 Å². The van der Waals surface area contributed by atoms with Crippen molar-refractivity contribution in [2.45, 2.75) is 411 Å². The second kappa shape index (κ2) is 95.5. The van der Waals surface area contributed by atoms with Crippen molar-refractivity contribution in [3.63, 3.8) is 0 Å². The van der Waals surface area contributed by atoms with Crippen molar-refractivity contribution in [1.29, 1.82) is 0 Å². The molecular weight excluding hydrogens is 1580 g/mol. The Labute approximate surface area is 750 Å². The van der Waals surface area contributed by atoms with E-state index in [2.05, 4.69) is 215 Å². The lowest BCUT2D eigenvalue weighted by molar-refractivity contribution is -0.161. The fourth-order valence-corrected chi connectivity index (χ4v) is 14.6. The third kappa shape index (κ3) is 96.9. The summed E-state index contributed by atoms with van der Waals surface area (Å²) in [5.74, 6) is -1.58. The second-order valence-corrected chi connectivity index (χ2v) is 35.0. The first-order chi connectivity index (χ1) is 60.2. The maximum Gasteiger partial charge on any atom is 0.472 e. The molecule has 18 heteroatoms. The van der Waals surface area contributed by atoms with Crippen molar-refractivity contribution in [3.05, 3.63) is 194 Å². The molecule has 0 rings (SSSR count). The Morgan fingerprint density at radius 3 is 0.642 bits per heavy atom. The summed E-state index contributed by atoms with van der Waals surface area (Å²) in [4.78, 5) is 59.1. The number of rotatable bonds is 91. The van der Waals surface area contributed by atoms with Crippen molar-refractivity contribution < 1.29 is 75.8 Å². The highest BCUT2D eigenvalue weighted by Crippen LogP contribution is 2.45. The molecule has 16 nitrogen and oxygen atoms in total. The molecule has 0 aromatic rings. The van der Waals surface area contributed by atoms with Crippen molar-refractivity contribution >= 4 is 33.6 Å². The van der Waals surface area contributed by atoms with Crippen LogP contribution in [0.15, 0.2) is 194 Å². The van der Waals surface area contributed by atoms with Crippen LogP contribution in [0.2, 0.25) is 0 Å². The van der Waals surface area contributed by atoms with Crippen LogP contribution >= 0.6 is 15.6 Å². The van der Waals surface area contributed by atoms with Gasteiger partial charge in [0.05, 0.1) is 26.4 Å². The van der Waals surface area contributed by atoms with Crippen molar-refractivity contribution in [3.8, 4) is 0 Å². The van der Waals surface area contributed by atoms with Crippen LogP contribution in [0.4, 0.5) is 0 Å². The van der Waals surface area contributed by atoms with E-state index in [-0.39, 0.29) is 19.3 Å². The normalized spacial score (nSPS) is 14.6. The van der Waals surface area contributed by atoms with Gasteiger partial charge < -0.3 is 34.2 Å². The molecule has 0 amide bonds. The maximum absolute atomic E-state index is 13.1. The summed E-state index contributed by atoms with van der Waals surface area (Å²) >= 11 is 0. The predicted molar refractivity (Wildman–Crippen MR) is 518 cm³/mol. The molecule has 4 N–H and O–H groups in total. The van der Waals surface area contributed by atoms with E-state index >= 15 is 0 Å². The van der Waals surface area contributed by atoms with Gasteiger partial charge in [-0.1, -0.05) is 408 Å². The van der Waals surface area contributed by atoms with Crippen LogP contribution in [-0.4, -0.2) is 95.9 Å². The SMILES string of the molecule is CC/C=C\C/C=C\C/C=C\C/C=C\C/C=C\C/C=C\CCCCCCCCCCCCCCCCCCC(=O)OCC(O)COP(=O)(O)OCC(O)COP(=O)(O)OCC(COC(=O)CCCCCCCCCCCCCCC/C=C\C/C=C\C/C=C\C/C=C\C/C=C\CC)OC(=O)CCCCCCCCC/C=C\C/C=C\C/C=C\C/C=C\C/C=C\CC. The van der Waals surface area contributed by atoms with Crippen LogP contribution in [-0.2, 0) is 55.8 Å². The summed E-state index contributed by atoms with van der Waals surface area (Å²) in [6.45, 7) is 2.37. The molecule has 5 atom stereocenters. The van der Waals surface area contributed by atoms with Gasteiger partial charge in [0, 0.05) is 19.3 Å². The number of hydrogen-bond donors (Lipinski definition) is 4. The molecule has 123 heavy (non-hydrogen) atoms. The molecule has 5 unspecified atom stereocenters. The van der Waals surface area contributed by atoms with Crippen LogP contribution in [0.1, 0.15) is 393 Å². The van der Waals surface area contributed by atoms with E-state index in [0.717, 1.165) is 199 Å². The van der Waals surface area contributed by atoms with E-state index in [9.17, 15) is 43.5 Å². The van der Waals surface area contributed by atoms with Gasteiger partial charge in [-0.3, -0.25) is 32.5 Å². The number of unbranched alkanes of at least 4 members (excludes halogenated alkanes) is 36. The smallest absolute Gasteiger partial charge is 0.463 e. The first-order valence-corrected chi connectivity index (χ1v) is 51.7. The molecule has 0 aliphatic carbocycles. The fraction of sp³-hybridized carbons (Fsp3) is 0.667. The molecule has 702 valence electrons. The van der Waals surface area contributed by atoms with Gasteiger partial charge in [-0.05, 0) is 161 Å². The van der Waals surface area contributed by atoms with Crippen molar-refractivity contribution in [2.75, 3.05) is 39.6 Å². The minimum atomic E-state index is -4.95. The topological polar surface area (TPSA) is 231 Å². The third-order valence-electron chi connectivity index (χ3n) is 20.3. The Bertz CT molecular complexity index is 3020. The number of carbonyl (C=O) groups excluding carboxylic acids is 3. The number of aliphatic hydroxyl groups excluding tert-OH is 2. The van der Waals surface area contributed by atoms with Gasteiger partial charge in [-0.15, -0.1) is 0 Å². The molecule has 0 saturated heterocycles. The van der Waals surface area contributed by atoms with Gasteiger partial charge >= 0.3 is 33.6 Å². The molecule has 0 aromatic heterocycles. The van der Waals surface area contributed by atoms with E-state index in [4.69, 9.17) is 32.3 Å². The number of hydrogen-bond acceptors (Lipinski definition) is 14. The summed E-state index contributed by atoms with van der Waals surface area (Å²) in [6.07, 6.45) is 128. The average Bonchev–Trinajstić information content (AvgIpc) is 0.890. The van der Waals surface area contributed by atoms with Crippen molar-refractivity contribution in [2.24, 2.45) is 0 Å².